The molecule has 1 aromatic carbocycles. The van der Waals surface area contributed by atoms with Crippen LogP contribution in [-0.4, -0.2) is 43.9 Å². The smallest absolute Gasteiger partial charge is 0.137 e. The summed E-state index contributed by atoms with van der Waals surface area (Å²) in [6.07, 6.45) is 5.07. The van der Waals surface area contributed by atoms with Crippen molar-refractivity contribution in [3.8, 4) is 0 Å². The molecule has 1 N–H and O–H groups in total. The number of rotatable bonds is 5. The van der Waals surface area contributed by atoms with Crippen LogP contribution in [-0.2, 0) is 12.1 Å². The average Bonchev–Trinajstić information content (AvgIpc) is 3.08. The summed E-state index contributed by atoms with van der Waals surface area (Å²) in [7, 11) is 0. The Balaban J connectivity index is 1.91. The lowest BCUT2D eigenvalue weighted by molar-refractivity contribution is -0.0634. The average molecular weight is 347 g/mol. The Hall–Kier alpha value is -1.69. The summed E-state index contributed by atoms with van der Waals surface area (Å²) in [6.45, 7) is 8.30. The van der Waals surface area contributed by atoms with Crippen LogP contribution in [0, 0.1) is 0 Å². The van der Waals surface area contributed by atoms with Gasteiger partial charge in [-0.05, 0) is 37.5 Å². The monoisotopic (exact) mass is 346 g/mol. The van der Waals surface area contributed by atoms with Crippen LogP contribution in [0.5, 0.6) is 0 Å². The number of halogens is 1. The lowest BCUT2D eigenvalue weighted by Crippen LogP contribution is -2.53. The summed E-state index contributed by atoms with van der Waals surface area (Å²) < 4.78 is 1.67. The van der Waals surface area contributed by atoms with Crippen LogP contribution in [0.25, 0.3) is 0 Å². The van der Waals surface area contributed by atoms with E-state index in [9.17, 15) is 5.11 Å². The van der Waals surface area contributed by atoms with Crippen LogP contribution in [0.15, 0.2) is 49.1 Å². The van der Waals surface area contributed by atoms with Crippen molar-refractivity contribution < 1.29 is 5.11 Å². The van der Waals surface area contributed by atoms with E-state index in [0.717, 1.165) is 31.5 Å². The Bertz CT molecular complexity index is 676. The molecular formula is C18H23ClN4O. The van der Waals surface area contributed by atoms with E-state index in [1.54, 1.807) is 11.0 Å². The van der Waals surface area contributed by atoms with Crippen molar-refractivity contribution in [3.63, 3.8) is 0 Å². The van der Waals surface area contributed by atoms with E-state index in [0.29, 0.717) is 11.6 Å². The molecule has 3 rings (SSSR count). The largest absolute Gasteiger partial charge is 0.382 e. The maximum absolute atomic E-state index is 11.6. The van der Waals surface area contributed by atoms with Gasteiger partial charge in [0.1, 0.15) is 18.3 Å². The van der Waals surface area contributed by atoms with Crippen molar-refractivity contribution in [2.24, 2.45) is 0 Å². The van der Waals surface area contributed by atoms with Gasteiger partial charge >= 0.3 is 0 Å². The molecule has 2 heterocycles. The van der Waals surface area contributed by atoms with Crippen LogP contribution >= 0.6 is 11.6 Å². The maximum atomic E-state index is 11.6. The highest BCUT2D eigenvalue weighted by molar-refractivity contribution is 6.30. The fourth-order valence-electron chi connectivity index (χ4n) is 3.29. The predicted molar refractivity (Wildman–Crippen MR) is 94.8 cm³/mol. The molecule has 0 saturated carbocycles. The molecule has 0 spiro atoms. The number of likely N-dealkylation sites (tertiary alicyclic amines) is 1. The van der Waals surface area contributed by atoms with Crippen molar-refractivity contribution in [2.75, 3.05) is 13.1 Å². The summed E-state index contributed by atoms with van der Waals surface area (Å²) in [6, 6.07) is 7.33. The second-order valence-corrected chi connectivity index (χ2v) is 6.92. The molecule has 1 aromatic heterocycles. The summed E-state index contributed by atoms with van der Waals surface area (Å²) in [5.41, 5.74) is 1.03. The van der Waals surface area contributed by atoms with Gasteiger partial charge in [-0.25, -0.2) is 9.67 Å². The zero-order valence-corrected chi connectivity index (χ0v) is 14.7. The Morgan fingerprint density at radius 2 is 1.96 bits per heavy atom. The number of hydrogen-bond acceptors (Lipinski definition) is 4. The standard InChI is InChI=1S/C18H23ClN4O/c1-14-7-9-22(10-8-14)15(2)18(24,11-23-13-20-12-21-23)16-3-5-17(19)6-4-16/h3-6,12-13,15,24H,1,7-11H2,2H3. The highest BCUT2D eigenvalue weighted by atomic mass is 35.5. The lowest BCUT2D eigenvalue weighted by Gasteiger charge is -2.43. The first-order chi connectivity index (χ1) is 11.5. The summed E-state index contributed by atoms with van der Waals surface area (Å²) in [4.78, 5) is 6.31. The third-order valence-corrected chi connectivity index (χ3v) is 5.21. The van der Waals surface area contributed by atoms with Crippen molar-refractivity contribution in [2.45, 2.75) is 38.0 Å². The molecule has 128 valence electrons. The lowest BCUT2D eigenvalue weighted by atomic mass is 9.85. The molecule has 2 aromatic rings. The quantitative estimate of drug-likeness (QED) is 0.846. The Labute approximate surface area is 147 Å². The second-order valence-electron chi connectivity index (χ2n) is 6.49. The topological polar surface area (TPSA) is 54.2 Å². The molecule has 0 amide bonds. The van der Waals surface area contributed by atoms with Gasteiger partial charge in [0.25, 0.3) is 0 Å². The Morgan fingerprint density at radius 3 is 2.54 bits per heavy atom. The van der Waals surface area contributed by atoms with E-state index in [4.69, 9.17) is 11.6 Å². The number of nitrogens with zero attached hydrogens (tertiary/aromatic N) is 4. The van der Waals surface area contributed by atoms with Gasteiger partial charge in [-0.2, -0.15) is 5.10 Å². The van der Waals surface area contributed by atoms with Crippen molar-refractivity contribution in [1.82, 2.24) is 19.7 Å². The van der Waals surface area contributed by atoms with Crippen molar-refractivity contribution >= 4 is 11.6 Å². The van der Waals surface area contributed by atoms with Crippen molar-refractivity contribution in [1.29, 1.82) is 0 Å². The maximum Gasteiger partial charge on any atom is 0.137 e. The zero-order valence-electron chi connectivity index (χ0n) is 13.9. The SMILES string of the molecule is C=C1CCN(C(C)C(O)(Cn2cncn2)c2ccc(Cl)cc2)CC1. The molecule has 0 aliphatic carbocycles. The third-order valence-electron chi connectivity index (χ3n) is 4.96. The zero-order chi connectivity index (χ0) is 17.2. The molecule has 1 aliphatic rings. The van der Waals surface area contributed by atoms with E-state index >= 15 is 0 Å². The normalized spacial score (nSPS) is 19.9. The minimum atomic E-state index is -1.09. The van der Waals surface area contributed by atoms with E-state index < -0.39 is 5.60 Å². The van der Waals surface area contributed by atoms with Crippen LogP contribution in [0.3, 0.4) is 0 Å². The van der Waals surface area contributed by atoms with Gasteiger partial charge in [0.2, 0.25) is 0 Å². The van der Waals surface area contributed by atoms with Crippen molar-refractivity contribution in [3.05, 3.63) is 59.7 Å². The Morgan fingerprint density at radius 1 is 1.29 bits per heavy atom. The fraction of sp³-hybridized carbons (Fsp3) is 0.444. The van der Waals surface area contributed by atoms with E-state index in [1.807, 2.05) is 24.3 Å². The Kier molecular flexibility index (Phi) is 5.04. The molecule has 2 unspecified atom stereocenters. The van der Waals surface area contributed by atoms with Gasteiger partial charge in [-0.3, -0.25) is 4.90 Å². The van der Waals surface area contributed by atoms with E-state index in [2.05, 4.69) is 28.5 Å². The molecule has 2 atom stereocenters. The second kappa shape index (κ2) is 7.05. The van der Waals surface area contributed by atoms with E-state index in [-0.39, 0.29) is 6.04 Å². The molecular weight excluding hydrogens is 324 g/mol. The predicted octanol–water partition coefficient (Wildman–Crippen LogP) is 2.86. The summed E-state index contributed by atoms with van der Waals surface area (Å²) >= 11 is 6.02. The minimum absolute atomic E-state index is 0.0732. The first-order valence-corrected chi connectivity index (χ1v) is 8.58. The molecule has 0 bridgehead atoms. The van der Waals surface area contributed by atoms with Gasteiger partial charge < -0.3 is 5.11 Å². The van der Waals surface area contributed by atoms with Gasteiger partial charge in [0.15, 0.2) is 0 Å². The molecule has 5 nitrogen and oxygen atoms in total. The number of aliphatic hydroxyl groups is 1. The van der Waals surface area contributed by atoms with Crippen LogP contribution in [0.2, 0.25) is 5.02 Å². The number of aromatic nitrogens is 3. The molecule has 1 fully saturated rings. The third kappa shape index (κ3) is 3.53. The molecule has 0 radical (unpaired) electrons. The van der Waals surface area contributed by atoms with Gasteiger partial charge in [0, 0.05) is 24.2 Å². The van der Waals surface area contributed by atoms with Crippen LogP contribution in [0.4, 0.5) is 0 Å². The molecule has 1 saturated heterocycles. The molecule has 24 heavy (non-hydrogen) atoms. The van der Waals surface area contributed by atoms with Gasteiger partial charge in [-0.1, -0.05) is 35.9 Å². The van der Waals surface area contributed by atoms with Gasteiger partial charge in [-0.15, -0.1) is 0 Å². The first kappa shape index (κ1) is 17.1. The number of piperidine rings is 1. The molecule has 6 heteroatoms. The first-order valence-electron chi connectivity index (χ1n) is 8.20. The minimum Gasteiger partial charge on any atom is -0.382 e. The number of benzene rings is 1. The highest BCUT2D eigenvalue weighted by Crippen LogP contribution is 2.33. The number of hydrogen-bond donors (Lipinski definition) is 1. The van der Waals surface area contributed by atoms with Crippen LogP contribution in [0.1, 0.15) is 25.3 Å². The van der Waals surface area contributed by atoms with Crippen LogP contribution < -0.4 is 0 Å². The van der Waals surface area contributed by atoms with Gasteiger partial charge in [0.05, 0.1) is 6.54 Å². The summed E-state index contributed by atoms with van der Waals surface area (Å²) in [5.74, 6) is 0. The summed E-state index contributed by atoms with van der Waals surface area (Å²) in [5, 5.41) is 16.5. The van der Waals surface area contributed by atoms with E-state index in [1.165, 1.54) is 11.9 Å². The molecule has 1 aliphatic heterocycles. The fourth-order valence-corrected chi connectivity index (χ4v) is 3.42. The highest BCUT2D eigenvalue weighted by Gasteiger charge is 2.40.